The molecule has 0 radical (unpaired) electrons. The summed E-state index contributed by atoms with van der Waals surface area (Å²) in [5.41, 5.74) is 0. The normalized spacial score (nSPS) is 12.9. The highest BCUT2D eigenvalue weighted by Crippen LogP contribution is 2.53. The van der Waals surface area contributed by atoms with Crippen molar-refractivity contribution in [3.05, 3.63) is 0 Å². The van der Waals surface area contributed by atoms with E-state index in [0.717, 1.165) is 7.11 Å². The van der Waals surface area contributed by atoms with Crippen molar-refractivity contribution in [3.8, 4) is 0 Å². The van der Waals surface area contributed by atoms with Crippen molar-refractivity contribution in [2.24, 2.45) is 0 Å². The lowest BCUT2D eigenvalue weighted by Crippen LogP contribution is -1.96. The molecule has 5 N–H and O–H groups in total. The summed E-state index contributed by atoms with van der Waals surface area (Å²) in [5.74, 6) is 0. The minimum Gasteiger partial charge on any atom is -0.302 e. The number of phosphoric acid groups is 2. The molecule has 0 aliphatic rings. The zero-order valence-electron chi connectivity index (χ0n) is 6.99. The molecule has 0 aromatic heterocycles. The van der Waals surface area contributed by atoms with Crippen molar-refractivity contribution in [3.63, 3.8) is 0 Å². The van der Waals surface area contributed by atoms with E-state index in [4.69, 9.17) is 24.1 Å². The predicted octanol–water partition coefficient (Wildman–Crippen LogP) is -1.38. The van der Waals surface area contributed by atoms with E-state index in [1.807, 2.05) is 0 Å². The van der Waals surface area contributed by atoms with Gasteiger partial charge in [-0.3, -0.25) is 8.74 Å². The Labute approximate surface area is 84.1 Å². The molecule has 0 amide bonds. The molecular formula is CH8O11P2S. The third kappa shape index (κ3) is 24.9. The van der Waals surface area contributed by atoms with Crippen molar-refractivity contribution in [1.29, 1.82) is 0 Å². The van der Waals surface area contributed by atoms with E-state index in [1.165, 1.54) is 0 Å². The van der Waals surface area contributed by atoms with Crippen molar-refractivity contribution in [2.45, 2.75) is 0 Å². The van der Waals surface area contributed by atoms with Gasteiger partial charge < -0.3 is 19.6 Å². The molecule has 0 atom stereocenters. The van der Waals surface area contributed by atoms with Crippen LogP contribution in [0.15, 0.2) is 0 Å². The van der Waals surface area contributed by atoms with E-state index >= 15 is 0 Å². The molecule has 0 aromatic rings. The van der Waals surface area contributed by atoms with E-state index in [0.29, 0.717) is 0 Å². The SMILES string of the molecule is COS(=O)(=O)O.O=P(O)(O)OP(=O)(O)O. The van der Waals surface area contributed by atoms with Crippen LogP contribution in [0.25, 0.3) is 0 Å². The van der Waals surface area contributed by atoms with Crippen LogP contribution in [0, 0.1) is 0 Å². The van der Waals surface area contributed by atoms with Gasteiger partial charge in [-0.2, -0.15) is 12.7 Å². The smallest absolute Gasteiger partial charge is 0.302 e. The maximum atomic E-state index is 9.63. The first-order valence-corrected chi connectivity index (χ1v) is 7.05. The van der Waals surface area contributed by atoms with E-state index in [-0.39, 0.29) is 0 Å². The van der Waals surface area contributed by atoms with Crippen LogP contribution in [0.2, 0.25) is 0 Å². The van der Waals surface area contributed by atoms with Crippen LogP contribution in [0.3, 0.4) is 0 Å². The van der Waals surface area contributed by atoms with Crippen LogP contribution < -0.4 is 0 Å². The molecule has 0 spiro atoms. The Kier molecular flexibility index (Phi) is 7.02. The molecule has 0 rings (SSSR count). The molecule has 0 saturated carbocycles. The predicted molar refractivity (Wildman–Crippen MR) is 43.7 cm³/mol. The highest BCUT2D eigenvalue weighted by Gasteiger charge is 2.27. The lowest BCUT2D eigenvalue weighted by Gasteiger charge is -2.03. The highest BCUT2D eigenvalue weighted by molar-refractivity contribution is 7.80. The minimum atomic E-state index is -5.05. The van der Waals surface area contributed by atoms with Gasteiger partial charge in [-0.05, 0) is 0 Å². The van der Waals surface area contributed by atoms with E-state index in [1.54, 1.807) is 0 Å². The largest absolute Gasteiger partial charge is 0.478 e. The molecule has 94 valence electrons. The second kappa shape index (κ2) is 6.01. The molecule has 0 unspecified atom stereocenters. The Balaban J connectivity index is 0. The highest BCUT2D eigenvalue weighted by atomic mass is 32.3. The summed E-state index contributed by atoms with van der Waals surface area (Å²) in [4.78, 5) is 31.0. The summed E-state index contributed by atoms with van der Waals surface area (Å²) in [6, 6.07) is 0. The number of hydrogen-bond donors (Lipinski definition) is 5. The summed E-state index contributed by atoms with van der Waals surface area (Å²) in [5, 5.41) is 0. The zero-order chi connectivity index (χ0) is 12.9. The quantitative estimate of drug-likeness (QED) is 0.304. The van der Waals surface area contributed by atoms with Crippen LogP contribution in [0.1, 0.15) is 0 Å². The van der Waals surface area contributed by atoms with Gasteiger partial charge in [0.25, 0.3) is 0 Å². The molecule has 15 heavy (non-hydrogen) atoms. The van der Waals surface area contributed by atoms with Gasteiger partial charge in [-0.1, -0.05) is 0 Å². The summed E-state index contributed by atoms with van der Waals surface area (Å²) >= 11 is 0. The molecular weight excluding hydrogens is 282 g/mol. The Morgan fingerprint density at radius 3 is 1.20 bits per heavy atom. The van der Waals surface area contributed by atoms with Gasteiger partial charge in [0.15, 0.2) is 0 Å². The van der Waals surface area contributed by atoms with Crippen LogP contribution in [0.4, 0.5) is 0 Å². The number of rotatable bonds is 3. The first-order valence-electron chi connectivity index (χ1n) is 2.62. The molecule has 0 heterocycles. The Morgan fingerprint density at radius 2 is 1.20 bits per heavy atom. The van der Waals surface area contributed by atoms with E-state index in [9.17, 15) is 17.5 Å². The summed E-state index contributed by atoms with van der Waals surface area (Å²) < 4.78 is 51.9. The zero-order valence-corrected chi connectivity index (χ0v) is 9.59. The second-order valence-corrected chi connectivity index (χ2v) is 5.46. The number of hydrogen-bond acceptors (Lipinski definition) is 6. The first-order chi connectivity index (χ1) is 6.27. The van der Waals surface area contributed by atoms with Crippen LogP contribution in [0.5, 0.6) is 0 Å². The van der Waals surface area contributed by atoms with Crippen molar-refractivity contribution >= 4 is 26.0 Å². The van der Waals surface area contributed by atoms with Gasteiger partial charge in [0.1, 0.15) is 0 Å². The molecule has 0 aliphatic carbocycles. The summed E-state index contributed by atoms with van der Waals surface area (Å²) in [6.45, 7) is 0. The maximum Gasteiger partial charge on any atom is 0.478 e. The average molecular weight is 290 g/mol. The van der Waals surface area contributed by atoms with Gasteiger partial charge in [-0.25, -0.2) is 9.13 Å². The summed E-state index contributed by atoms with van der Waals surface area (Å²) in [6.07, 6.45) is 0. The van der Waals surface area contributed by atoms with Crippen LogP contribution >= 0.6 is 15.6 Å². The fourth-order valence-electron chi connectivity index (χ4n) is 0.139. The first kappa shape index (κ1) is 17.5. The van der Waals surface area contributed by atoms with E-state index in [2.05, 4.69) is 8.49 Å². The fourth-order valence-corrected chi connectivity index (χ4v) is 1.25. The van der Waals surface area contributed by atoms with E-state index < -0.39 is 26.0 Å². The van der Waals surface area contributed by atoms with Gasteiger partial charge in [-0.15, -0.1) is 0 Å². The third-order valence-electron chi connectivity index (χ3n) is 0.423. The van der Waals surface area contributed by atoms with Crippen molar-refractivity contribution < 1.29 is 50.2 Å². The van der Waals surface area contributed by atoms with Gasteiger partial charge in [0, 0.05) is 0 Å². The molecule has 0 aromatic carbocycles. The van der Waals surface area contributed by atoms with Gasteiger partial charge in [0.05, 0.1) is 7.11 Å². The lowest BCUT2D eigenvalue weighted by atomic mass is 11.8. The molecule has 14 heteroatoms. The molecule has 0 fully saturated rings. The Bertz CT molecular complexity index is 334. The van der Waals surface area contributed by atoms with Gasteiger partial charge in [0.2, 0.25) is 0 Å². The molecule has 0 bridgehead atoms. The molecule has 0 aliphatic heterocycles. The maximum absolute atomic E-state index is 9.63. The third-order valence-corrected chi connectivity index (χ3v) is 2.55. The lowest BCUT2D eigenvalue weighted by molar-refractivity contribution is 0.225. The van der Waals surface area contributed by atoms with Gasteiger partial charge >= 0.3 is 26.0 Å². The summed E-state index contributed by atoms with van der Waals surface area (Å²) in [7, 11) is -13.4. The van der Waals surface area contributed by atoms with Crippen LogP contribution in [-0.2, 0) is 28.0 Å². The fraction of sp³-hybridized carbons (Fsp3) is 1.00. The van der Waals surface area contributed by atoms with Crippen molar-refractivity contribution in [2.75, 3.05) is 7.11 Å². The molecule has 0 saturated heterocycles. The Hall–Kier alpha value is 0.130. The van der Waals surface area contributed by atoms with Crippen molar-refractivity contribution in [1.82, 2.24) is 0 Å². The average Bonchev–Trinajstić information content (AvgIpc) is 1.78. The monoisotopic (exact) mass is 290 g/mol. The Morgan fingerprint density at radius 1 is 1.00 bits per heavy atom. The minimum absolute atomic E-state index is 0.870. The topological polar surface area (TPSA) is 188 Å². The second-order valence-electron chi connectivity index (χ2n) is 1.66. The van der Waals surface area contributed by atoms with Crippen LogP contribution in [-0.4, -0.2) is 39.7 Å². The standard InChI is InChI=1S/CH4O4S.H4O7P2/c1-5-6(2,3)4;1-8(2,3)7-9(4,5)6/h1H3,(H,2,3,4);(H2,1,2,3)(H2,4,5,6). The molecule has 11 nitrogen and oxygen atoms in total.